The highest BCUT2D eigenvalue weighted by Gasteiger charge is 2.51. The van der Waals surface area contributed by atoms with Crippen LogP contribution in [0.25, 0.3) is 0 Å². The first-order valence-corrected chi connectivity index (χ1v) is 11.8. The van der Waals surface area contributed by atoms with Crippen LogP contribution in [-0.2, 0) is 14.3 Å². The molecule has 0 bridgehead atoms. The molecule has 0 aromatic heterocycles. The van der Waals surface area contributed by atoms with Crippen LogP contribution >= 0.6 is 0 Å². The highest BCUT2D eigenvalue weighted by atomic mass is 19.1. The Bertz CT molecular complexity index is 1000. The second-order valence-electron chi connectivity index (χ2n) is 9.10. The van der Waals surface area contributed by atoms with Crippen molar-refractivity contribution in [3.63, 3.8) is 0 Å². The number of amidine groups is 1. The van der Waals surface area contributed by atoms with E-state index in [1.165, 1.54) is 19.3 Å². The third kappa shape index (κ3) is 6.17. The van der Waals surface area contributed by atoms with Crippen LogP contribution in [0.5, 0.6) is 0 Å². The number of nitrogens with two attached hydrogens (primary N) is 1. The van der Waals surface area contributed by atoms with Crippen LogP contribution in [-0.4, -0.2) is 62.9 Å². The maximum Gasteiger partial charge on any atom is 0.342 e. The summed E-state index contributed by atoms with van der Waals surface area (Å²) in [6.45, 7) is 5.42. The minimum absolute atomic E-state index is 0.0574. The lowest BCUT2D eigenvalue weighted by Crippen LogP contribution is -2.52. The number of rotatable bonds is 10. The molecule has 1 aliphatic heterocycles. The van der Waals surface area contributed by atoms with Crippen molar-refractivity contribution in [3.8, 4) is 0 Å². The SMILES string of the molecule is C=CC(CC(N)=NC)C(=O)NC1(C(=O)NCC2CCN(c3cccc(F)c3C(=O)OC)CC2)CC1. The normalized spacial score (nSPS) is 18.4. The summed E-state index contributed by atoms with van der Waals surface area (Å²) in [5, 5.41) is 5.86. The summed E-state index contributed by atoms with van der Waals surface area (Å²) >= 11 is 0. The van der Waals surface area contributed by atoms with E-state index in [1.807, 2.05) is 4.90 Å². The van der Waals surface area contributed by atoms with Gasteiger partial charge in [-0.2, -0.15) is 0 Å². The van der Waals surface area contributed by atoms with Gasteiger partial charge < -0.3 is 26.0 Å². The molecule has 1 unspecified atom stereocenters. The molecule has 2 amide bonds. The number of hydrogen-bond donors (Lipinski definition) is 3. The van der Waals surface area contributed by atoms with E-state index in [2.05, 4.69) is 22.2 Å². The van der Waals surface area contributed by atoms with E-state index in [0.29, 0.717) is 44.0 Å². The van der Waals surface area contributed by atoms with Gasteiger partial charge in [-0.1, -0.05) is 12.1 Å². The largest absolute Gasteiger partial charge is 0.465 e. The standard InChI is InChI=1S/C25H34FN5O4/c1-4-17(14-20(27)28-2)22(32)30-25(10-11-25)24(34)29-15-16-8-12-31(13-9-16)19-7-5-6-18(26)21(19)23(33)35-3/h4-7,16-17H,1,8-15H2,2-3H3,(H2,27,28)(H,29,34)(H,30,32). The van der Waals surface area contributed by atoms with Crippen LogP contribution in [0.15, 0.2) is 35.8 Å². The molecular weight excluding hydrogens is 453 g/mol. The zero-order valence-corrected chi connectivity index (χ0v) is 20.3. The van der Waals surface area contributed by atoms with Crippen LogP contribution in [0.4, 0.5) is 10.1 Å². The van der Waals surface area contributed by atoms with E-state index in [0.717, 1.165) is 12.8 Å². The number of carbonyl (C=O) groups excluding carboxylic acids is 3. The summed E-state index contributed by atoms with van der Waals surface area (Å²) in [4.78, 5) is 43.4. The monoisotopic (exact) mass is 487 g/mol. The van der Waals surface area contributed by atoms with Gasteiger partial charge in [0.25, 0.3) is 0 Å². The molecule has 0 radical (unpaired) electrons. The van der Waals surface area contributed by atoms with Gasteiger partial charge in [-0.25, -0.2) is 9.18 Å². The first-order valence-electron chi connectivity index (χ1n) is 11.8. The smallest absolute Gasteiger partial charge is 0.342 e. The first kappa shape index (κ1) is 26.2. The topological polar surface area (TPSA) is 126 Å². The van der Waals surface area contributed by atoms with Crippen molar-refractivity contribution in [3.05, 3.63) is 42.2 Å². The lowest BCUT2D eigenvalue weighted by molar-refractivity contribution is -0.131. The van der Waals surface area contributed by atoms with Crippen LogP contribution < -0.4 is 21.3 Å². The van der Waals surface area contributed by atoms with Crippen molar-refractivity contribution in [1.29, 1.82) is 0 Å². The highest BCUT2D eigenvalue weighted by Crippen LogP contribution is 2.36. The molecule has 190 valence electrons. The predicted octanol–water partition coefficient (Wildman–Crippen LogP) is 1.77. The van der Waals surface area contributed by atoms with E-state index >= 15 is 0 Å². The summed E-state index contributed by atoms with van der Waals surface area (Å²) in [5.74, 6) is -1.75. The molecule has 2 fully saturated rings. The molecule has 3 rings (SSSR count). The summed E-state index contributed by atoms with van der Waals surface area (Å²) in [5.41, 5.74) is 5.32. The number of methoxy groups -OCH3 is 1. The molecule has 35 heavy (non-hydrogen) atoms. The molecule has 1 aromatic carbocycles. The fraction of sp³-hybridized carbons (Fsp3) is 0.520. The molecule has 1 saturated carbocycles. The van der Waals surface area contributed by atoms with Crippen molar-refractivity contribution in [1.82, 2.24) is 10.6 Å². The molecule has 1 saturated heterocycles. The number of nitrogens with one attached hydrogen (secondary N) is 2. The number of esters is 1. The Morgan fingerprint density at radius 3 is 2.60 bits per heavy atom. The predicted molar refractivity (Wildman–Crippen MR) is 132 cm³/mol. The Morgan fingerprint density at radius 2 is 2.03 bits per heavy atom. The number of ether oxygens (including phenoxy) is 1. The summed E-state index contributed by atoms with van der Waals surface area (Å²) in [6.07, 6.45) is 4.47. The van der Waals surface area contributed by atoms with Gasteiger partial charge in [0.15, 0.2) is 0 Å². The number of piperidine rings is 1. The Labute approximate surface area is 205 Å². The quantitative estimate of drug-likeness (QED) is 0.200. The number of carbonyl (C=O) groups is 3. The van der Waals surface area contributed by atoms with Gasteiger partial charge >= 0.3 is 5.97 Å². The van der Waals surface area contributed by atoms with Gasteiger partial charge in [0.05, 0.1) is 24.6 Å². The van der Waals surface area contributed by atoms with Crippen LogP contribution in [0, 0.1) is 17.7 Å². The van der Waals surface area contributed by atoms with Crippen LogP contribution in [0.3, 0.4) is 0 Å². The summed E-state index contributed by atoms with van der Waals surface area (Å²) < 4.78 is 19.0. The van der Waals surface area contributed by atoms with E-state index in [4.69, 9.17) is 10.5 Å². The third-order valence-electron chi connectivity index (χ3n) is 6.77. The minimum atomic E-state index is -0.881. The van der Waals surface area contributed by atoms with Crippen molar-refractivity contribution >= 4 is 29.3 Å². The molecular formula is C25H34FN5O4. The van der Waals surface area contributed by atoms with E-state index in [-0.39, 0.29) is 29.7 Å². The number of nitrogens with zero attached hydrogens (tertiary/aromatic N) is 2. The maximum atomic E-state index is 14.3. The lowest BCUT2D eigenvalue weighted by Gasteiger charge is -2.34. The van der Waals surface area contributed by atoms with Gasteiger partial charge in [-0.15, -0.1) is 6.58 Å². The highest BCUT2D eigenvalue weighted by molar-refractivity contribution is 5.97. The van der Waals surface area contributed by atoms with Crippen molar-refractivity contribution in [2.45, 2.75) is 37.6 Å². The van der Waals surface area contributed by atoms with Crippen LogP contribution in [0.1, 0.15) is 42.5 Å². The Balaban J connectivity index is 1.51. The zero-order valence-electron chi connectivity index (χ0n) is 20.3. The van der Waals surface area contributed by atoms with Gasteiger partial charge in [0, 0.05) is 33.1 Å². The van der Waals surface area contributed by atoms with E-state index in [9.17, 15) is 18.8 Å². The third-order valence-corrected chi connectivity index (χ3v) is 6.77. The molecule has 1 heterocycles. The molecule has 9 nitrogen and oxygen atoms in total. The molecule has 4 N–H and O–H groups in total. The minimum Gasteiger partial charge on any atom is -0.465 e. The van der Waals surface area contributed by atoms with E-state index in [1.54, 1.807) is 19.2 Å². The van der Waals surface area contributed by atoms with Crippen molar-refractivity contribution < 1.29 is 23.5 Å². The Morgan fingerprint density at radius 1 is 1.34 bits per heavy atom. The number of hydrogen-bond acceptors (Lipinski definition) is 6. The molecule has 1 atom stereocenters. The Kier molecular flexibility index (Phi) is 8.48. The number of amides is 2. The molecule has 0 spiro atoms. The zero-order chi connectivity index (χ0) is 25.6. The van der Waals surface area contributed by atoms with Gasteiger partial charge in [-0.3, -0.25) is 14.6 Å². The lowest BCUT2D eigenvalue weighted by atomic mass is 9.95. The fourth-order valence-corrected chi connectivity index (χ4v) is 4.33. The average molecular weight is 488 g/mol. The van der Waals surface area contributed by atoms with Crippen molar-refractivity contribution in [2.75, 3.05) is 38.7 Å². The second kappa shape index (κ2) is 11.3. The van der Waals surface area contributed by atoms with Gasteiger partial charge in [0.2, 0.25) is 11.8 Å². The first-order chi connectivity index (χ1) is 16.7. The maximum absolute atomic E-state index is 14.3. The molecule has 2 aliphatic rings. The van der Waals surface area contributed by atoms with Crippen LogP contribution in [0.2, 0.25) is 0 Å². The number of anilines is 1. The van der Waals surface area contributed by atoms with Crippen molar-refractivity contribution in [2.24, 2.45) is 22.6 Å². The molecule has 1 aliphatic carbocycles. The molecule has 1 aromatic rings. The number of aliphatic imine (C=N–C) groups is 1. The summed E-state index contributed by atoms with van der Waals surface area (Å²) in [6, 6.07) is 4.54. The average Bonchev–Trinajstić information content (AvgIpc) is 3.65. The second-order valence-corrected chi connectivity index (χ2v) is 9.10. The van der Waals surface area contributed by atoms with Gasteiger partial charge in [0.1, 0.15) is 16.9 Å². The number of halogens is 1. The number of benzene rings is 1. The Hall–Kier alpha value is -3.43. The molecule has 10 heteroatoms. The summed E-state index contributed by atoms with van der Waals surface area (Å²) in [7, 11) is 2.79. The van der Waals surface area contributed by atoms with Gasteiger partial charge in [-0.05, 0) is 43.7 Å². The fourth-order valence-electron chi connectivity index (χ4n) is 4.33. The van der Waals surface area contributed by atoms with E-state index < -0.39 is 23.2 Å².